The maximum absolute atomic E-state index is 13.1. The largest absolute Gasteiger partial charge is 0.489 e. The van der Waals surface area contributed by atoms with Crippen LogP contribution in [0.5, 0.6) is 11.5 Å². The number of ether oxygens (including phenoxy) is 2. The van der Waals surface area contributed by atoms with Crippen molar-refractivity contribution in [3.63, 3.8) is 0 Å². The van der Waals surface area contributed by atoms with E-state index in [9.17, 15) is 14.3 Å². The van der Waals surface area contributed by atoms with Crippen LogP contribution in [0, 0.1) is 19.7 Å². The molecule has 1 saturated heterocycles. The summed E-state index contributed by atoms with van der Waals surface area (Å²) >= 11 is 0. The Morgan fingerprint density at radius 2 is 2.03 bits per heavy atom. The molecule has 2 aromatic carbocycles. The molecule has 1 aliphatic rings. The lowest BCUT2D eigenvalue weighted by molar-refractivity contribution is 0.0722. The number of likely N-dealkylation sites (tertiary alicyclic amines) is 1. The highest BCUT2D eigenvalue weighted by Gasteiger charge is 2.26. The first-order valence-electron chi connectivity index (χ1n) is 11.3. The van der Waals surface area contributed by atoms with Gasteiger partial charge in [0.05, 0.1) is 17.5 Å². The second kappa shape index (κ2) is 10.7. The number of hydrogen-bond donors (Lipinski definition) is 2. The van der Waals surface area contributed by atoms with E-state index in [1.54, 1.807) is 31.2 Å². The molecule has 2 heterocycles. The van der Waals surface area contributed by atoms with Crippen LogP contribution in [0.2, 0.25) is 0 Å². The van der Waals surface area contributed by atoms with Gasteiger partial charge in [0.1, 0.15) is 41.9 Å². The van der Waals surface area contributed by atoms with Crippen LogP contribution in [-0.4, -0.2) is 54.4 Å². The van der Waals surface area contributed by atoms with Crippen molar-refractivity contribution in [2.75, 3.05) is 31.6 Å². The van der Waals surface area contributed by atoms with Crippen molar-refractivity contribution in [1.82, 2.24) is 4.90 Å². The molecule has 2 unspecified atom stereocenters. The molecule has 1 fully saturated rings. The third-order valence-corrected chi connectivity index (χ3v) is 5.73. The van der Waals surface area contributed by atoms with Gasteiger partial charge < -0.3 is 24.3 Å². The molecule has 180 valence electrons. The first-order valence-corrected chi connectivity index (χ1v) is 11.3. The number of aliphatic hydroxyl groups excluding tert-OH is 1. The Bertz CT molecular complexity index is 1110. The second-order valence-corrected chi connectivity index (χ2v) is 8.55. The maximum Gasteiger partial charge on any atom is 0.259 e. The number of nitrogens with one attached hydrogen (secondary N) is 1. The Morgan fingerprint density at radius 1 is 1.24 bits per heavy atom. The van der Waals surface area contributed by atoms with Gasteiger partial charge in [-0.05, 0) is 68.3 Å². The van der Waals surface area contributed by atoms with Gasteiger partial charge in [-0.15, -0.1) is 0 Å². The minimum absolute atomic E-state index is 0.0106. The van der Waals surface area contributed by atoms with Crippen molar-refractivity contribution in [3.8, 4) is 11.5 Å². The minimum Gasteiger partial charge on any atom is -0.489 e. The summed E-state index contributed by atoms with van der Waals surface area (Å²) in [4.78, 5) is 14.7. The number of carbonyl (C=O) groups excluding carboxylic acids is 1. The molecule has 0 aliphatic carbocycles. The average Bonchev–Trinajstić information content (AvgIpc) is 3.44. The van der Waals surface area contributed by atoms with E-state index in [2.05, 4.69) is 10.2 Å². The Balaban J connectivity index is 1.28. The van der Waals surface area contributed by atoms with E-state index >= 15 is 0 Å². The van der Waals surface area contributed by atoms with Crippen molar-refractivity contribution in [1.29, 1.82) is 0 Å². The molecule has 1 aromatic heterocycles. The molecule has 0 radical (unpaired) electrons. The molecule has 1 aliphatic heterocycles. The average molecular weight is 469 g/mol. The van der Waals surface area contributed by atoms with Gasteiger partial charge in [-0.25, -0.2) is 4.39 Å². The molecule has 7 nitrogen and oxygen atoms in total. The SMILES string of the molecule is Cc1ccc(NC(=O)c2ccoc2C)c(OCC(O)CN2CCC(Oc3ccc(F)cc3)C2)c1. The number of benzene rings is 2. The molecule has 2 N–H and O–H groups in total. The van der Waals surface area contributed by atoms with Crippen LogP contribution in [0.25, 0.3) is 0 Å². The van der Waals surface area contributed by atoms with Gasteiger partial charge in [0.15, 0.2) is 0 Å². The zero-order valence-corrected chi connectivity index (χ0v) is 19.3. The van der Waals surface area contributed by atoms with Gasteiger partial charge in [-0.3, -0.25) is 9.69 Å². The highest BCUT2D eigenvalue weighted by Crippen LogP contribution is 2.27. The summed E-state index contributed by atoms with van der Waals surface area (Å²) in [6.45, 7) is 5.64. The highest BCUT2D eigenvalue weighted by molar-refractivity contribution is 6.05. The molecule has 1 amide bonds. The number of carbonyl (C=O) groups is 1. The fourth-order valence-corrected chi connectivity index (χ4v) is 3.96. The van der Waals surface area contributed by atoms with E-state index in [0.717, 1.165) is 18.5 Å². The zero-order valence-electron chi connectivity index (χ0n) is 19.3. The Hall–Kier alpha value is -3.36. The third-order valence-electron chi connectivity index (χ3n) is 5.73. The second-order valence-electron chi connectivity index (χ2n) is 8.55. The summed E-state index contributed by atoms with van der Waals surface area (Å²) in [7, 11) is 0. The number of halogens is 1. The summed E-state index contributed by atoms with van der Waals surface area (Å²) in [5.74, 6) is 1.08. The van der Waals surface area contributed by atoms with Crippen LogP contribution in [-0.2, 0) is 0 Å². The molecule has 0 spiro atoms. The number of anilines is 1. The van der Waals surface area contributed by atoms with Crippen LogP contribution in [0.3, 0.4) is 0 Å². The molecule has 34 heavy (non-hydrogen) atoms. The van der Waals surface area contributed by atoms with Crippen molar-refractivity contribution in [2.24, 2.45) is 0 Å². The van der Waals surface area contributed by atoms with Gasteiger partial charge >= 0.3 is 0 Å². The van der Waals surface area contributed by atoms with E-state index in [4.69, 9.17) is 13.9 Å². The number of hydrogen-bond acceptors (Lipinski definition) is 6. The van der Waals surface area contributed by atoms with Crippen LogP contribution >= 0.6 is 0 Å². The standard InChI is InChI=1S/C26H29FN2O5/c1-17-3-8-24(28-26(31)23-10-12-32-18(23)2)25(13-17)33-16-20(30)14-29-11-9-22(15-29)34-21-6-4-19(27)5-7-21/h3-8,10,12-13,20,22,30H,9,11,14-16H2,1-2H3,(H,28,31). The predicted molar refractivity (Wildman–Crippen MR) is 126 cm³/mol. The molecular weight excluding hydrogens is 439 g/mol. The fourth-order valence-electron chi connectivity index (χ4n) is 3.96. The number of aliphatic hydroxyl groups is 1. The lowest BCUT2D eigenvalue weighted by Crippen LogP contribution is -2.35. The predicted octanol–water partition coefficient (Wildman–Crippen LogP) is 4.18. The van der Waals surface area contributed by atoms with Gasteiger partial charge in [0.2, 0.25) is 0 Å². The fraction of sp³-hybridized carbons (Fsp3) is 0.346. The first kappa shape index (κ1) is 23.8. The van der Waals surface area contributed by atoms with Crippen molar-refractivity contribution < 1.29 is 28.2 Å². The summed E-state index contributed by atoms with van der Waals surface area (Å²) in [6.07, 6.45) is 1.57. The van der Waals surface area contributed by atoms with Crippen LogP contribution in [0.1, 0.15) is 28.1 Å². The van der Waals surface area contributed by atoms with Gasteiger partial charge in [0.25, 0.3) is 5.91 Å². The number of aryl methyl sites for hydroxylation is 2. The number of amides is 1. The summed E-state index contributed by atoms with van der Waals surface area (Å²) in [5.41, 5.74) is 1.96. The van der Waals surface area contributed by atoms with E-state index in [1.807, 2.05) is 19.1 Å². The van der Waals surface area contributed by atoms with E-state index < -0.39 is 6.10 Å². The monoisotopic (exact) mass is 468 g/mol. The molecule has 3 aromatic rings. The number of rotatable bonds is 9. The summed E-state index contributed by atoms with van der Waals surface area (Å²) < 4.78 is 30.1. The lowest BCUT2D eigenvalue weighted by atomic mass is 10.2. The van der Waals surface area contributed by atoms with E-state index in [0.29, 0.717) is 41.6 Å². The topological polar surface area (TPSA) is 84.2 Å². The molecular formula is C26H29FN2O5. The lowest BCUT2D eigenvalue weighted by Gasteiger charge is -2.21. The van der Waals surface area contributed by atoms with Gasteiger partial charge in [0, 0.05) is 19.6 Å². The first-order chi connectivity index (χ1) is 16.4. The van der Waals surface area contributed by atoms with Crippen molar-refractivity contribution in [2.45, 2.75) is 32.5 Å². The maximum atomic E-state index is 13.1. The van der Waals surface area contributed by atoms with Crippen LogP contribution in [0.4, 0.5) is 10.1 Å². The summed E-state index contributed by atoms with van der Waals surface area (Å²) in [6, 6.07) is 13.1. The third kappa shape index (κ3) is 6.15. The number of furan rings is 1. The van der Waals surface area contributed by atoms with Gasteiger partial charge in [-0.2, -0.15) is 0 Å². The Labute approximate surface area is 198 Å². The molecule has 0 saturated carbocycles. The minimum atomic E-state index is -0.718. The van der Waals surface area contributed by atoms with Crippen LogP contribution in [0.15, 0.2) is 59.2 Å². The number of nitrogens with zero attached hydrogens (tertiary/aromatic N) is 1. The zero-order chi connectivity index (χ0) is 24.1. The smallest absolute Gasteiger partial charge is 0.259 e. The van der Waals surface area contributed by atoms with Crippen LogP contribution < -0.4 is 14.8 Å². The Kier molecular flexibility index (Phi) is 7.49. The molecule has 4 rings (SSSR count). The normalized spacial score (nSPS) is 16.9. The summed E-state index contributed by atoms with van der Waals surface area (Å²) in [5, 5.41) is 13.4. The van der Waals surface area contributed by atoms with Crippen molar-refractivity contribution >= 4 is 11.6 Å². The molecule has 0 bridgehead atoms. The number of β-amino-alcohol motifs (C(OH)–C–C–N with tert-alkyl or cyclic N) is 1. The molecule has 8 heteroatoms. The Morgan fingerprint density at radius 3 is 2.76 bits per heavy atom. The van der Waals surface area contributed by atoms with Crippen molar-refractivity contribution in [3.05, 3.63) is 77.5 Å². The quantitative estimate of drug-likeness (QED) is 0.490. The highest BCUT2D eigenvalue weighted by atomic mass is 19.1. The van der Waals surface area contributed by atoms with E-state index in [-0.39, 0.29) is 24.4 Å². The van der Waals surface area contributed by atoms with Gasteiger partial charge in [-0.1, -0.05) is 6.07 Å². The molecule has 2 atom stereocenters. The van der Waals surface area contributed by atoms with E-state index in [1.165, 1.54) is 18.4 Å².